The Labute approximate surface area is 187 Å². The second kappa shape index (κ2) is 12.1. The van der Waals surface area contributed by atoms with E-state index in [2.05, 4.69) is 103 Å². The molecule has 0 fully saturated rings. The summed E-state index contributed by atoms with van der Waals surface area (Å²) in [5.74, 6) is 0.494. The molecule has 160 valence electrons. The molecule has 0 aromatic heterocycles. The van der Waals surface area contributed by atoms with Gasteiger partial charge in [0.15, 0.2) is 0 Å². The third-order valence-corrected chi connectivity index (χ3v) is 5.53. The van der Waals surface area contributed by atoms with E-state index in [9.17, 15) is 5.26 Å². The molecule has 0 unspecified atom stereocenters. The van der Waals surface area contributed by atoms with Crippen molar-refractivity contribution in [2.75, 3.05) is 0 Å². The molecule has 2 atom stereocenters. The monoisotopic (exact) mass is 411 g/mol. The normalized spacial score (nSPS) is 13.1. The highest BCUT2D eigenvalue weighted by Gasteiger charge is 2.28. The Morgan fingerprint density at radius 2 is 1.19 bits per heavy atom. The Bertz CT molecular complexity index is 875. The molecule has 3 rings (SSSR count). The molecule has 3 aromatic carbocycles. The molecule has 0 saturated heterocycles. The zero-order valence-corrected chi connectivity index (χ0v) is 18.6. The van der Waals surface area contributed by atoms with Gasteiger partial charge in [-0.25, -0.2) is 0 Å². The van der Waals surface area contributed by atoms with Crippen LogP contribution in [-0.2, 0) is 19.6 Å². The molecule has 3 heteroatoms. The lowest BCUT2D eigenvalue weighted by atomic mass is 9.95. The van der Waals surface area contributed by atoms with Crippen LogP contribution in [0, 0.1) is 17.2 Å². The van der Waals surface area contributed by atoms with Gasteiger partial charge in [0.25, 0.3) is 0 Å². The SMILES string of the molecule is CC(C)C[C@@H]([C@@H](C#N)NCc1ccccc1)N(Cc1ccccc1)Cc1ccccc1. The Kier molecular flexibility index (Phi) is 8.84. The third kappa shape index (κ3) is 7.36. The average Bonchev–Trinajstić information content (AvgIpc) is 2.80. The molecule has 0 radical (unpaired) electrons. The first kappa shape index (κ1) is 22.7. The van der Waals surface area contributed by atoms with Crippen molar-refractivity contribution in [3.63, 3.8) is 0 Å². The van der Waals surface area contributed by atoms with E-state index in [1.54, 1.807) is 0 Å². The number of hydrogen-bond acceptors (Lipinski definition) is 3. The van der Waals surface area contributed by atoms with Crippen molar-refractivity contribution in [3.05, 3.63) is 108 Å². The van der Waals surface area contributed by atoms with E-state index >= 15 is 0 Å². The molecule has 0 aliphatic carbocycles. The minimum Gasteiger partial charge on any atom is -0.297 e. The van der Waals surface area contributed by atoms with Crippen LogP contribution < -0.4 is 5.32 Å². The first-order chi connectivity index (χ1) is 15.2. The van der Waals surface area contributed by atoms with Crippen LogP contribution in [0.25, 0.3) is 0 Å². The summed E-state index contributed by atoms with van der Waals surface area (Å²) in [6, 6.07) is 33.9. The summed E-state index contributed by atoms with van der Waals surface area (Å²) in [6.07, 6.45) is 0.958. The summed E-state index contributed by atoms with van der Waals surface area (Å²) in [6.45, 7) is 6.80. The maximum atomic E-state index is 10.1. The van der Waals surface area contributed by atoms with Crippen molar-refractivity contribution in [2.45, 2.75) is 52.0 Å². The number of hydrogen-bond donors (Lipinski definition) is 1. The lowest BCUT2D eigenvalue weighted by molar-refractivity contribution is 0.134. The number of rotatable bonds is 11. The minimum atomic E-state index is -0.255. The minimum absolute atomic E-state index is 0.106. The van der Waals surface area contributed by atoms with Crippen LogP contribution in [-0.4, -0.2) is 17.0 Å². The van der Waals surface area contributed by atoms with E-state index in [1.807, 2.05) is 18.2 Å². The fraction of sp³-hybridized carbons (Fsp3) is 0.321. The van der Waals surface area contributed by atoms with Gasteiger partial charge in [0.1, 0.15) is 6.04 Å². The van der Waals surface area contributed by atoms with Crippen LogP contribution in [0.1, 0.15) is 37.0 Å². The molecule has 1 N–H and O–H groups in total. The Morgan fingerprint density at radius 3 is 1.61 bits per heavy atom. The summed E-state index contributed by atoms with van der Waals surface area (Å²) in [5.41, 5.74) is 3.74. The van der Waals surface area contributed by atoms with Gasteiger partial charge in [0.05, 0.1) is 6.07 Å². The van der Waals surface area contributed by atoms with Crippen LogP contribution in [0.5, 0.6) is 0 Å². The molecule has 0 saturated carbocycles. The Hall–Kier alpha value is -2.93. The van der Waals surface area contributed by atoms with E-state index in [-0.39, 0.29) is 12.1 Å². The zero-order chi connectivity index (χ0) is 21.9. The predicted octanol–water partition coefficient (Wildman–Crippen LogP) is 5.79. The van der Waals surface area contributed by atoms with Gasteiger partial charge < -0.3 is 0 Å². The van der Waals surface area contributed by atoms with Crippen LogP contribution in [0.3, 0.4) is 0 Å². The molecule has 0 heterocycles. The van der Waals surface area contributed by atoms with Crippen molar-refractivity contribution >= 4 is 0 Å². The molecule has 0 spiro atoms. The van der Waals surface area contributed by atoms with Gasteiger partial charge >= 0.3 is 0 Å². The lowest BCUT2D eigenvalue weighted by Gasteiger charge is -2.36. The Balaban J connectivity index is 1.85. The van der Waals surface area contributed by atoms with E-state index < -0.39 is 0 Å². The van der Waals surface area contributed by atoms with Gasteiger partial charge in [-0.15, -0.1) is 0 Å². The average molecular weight is 412 g/mol. The maximum absolute atomic E-state index is 10.1. The summed E-state index contributed by atoms with van der Waals surface area (Å²) >= 11 is 0. The van der Waals surface area contributed by atoms with Crippen molar-refractivity contribution in [3.8, 4) is 6.07 Å². The fourth-order valence-electron chi connectivity index (χ4n) is 4.00. The van der Waals surface area contributed by atoms with E-state index in [0.717, 1.165) is 19.5 Å². The predicted molar refractivity (Wildman–Crippen MR) is 128 cm³/mol. The van der Waals surface area contributed by atoms with Gasteiger partial charge in [-0.1, -0.05) is 105 Å². The van der Waals surface area contributed by atoms with Crippen LogP contribution in [0.2, 0.25) is 0 Å². The van der Waals surface area contributed by atoms with Gasteiger partial charge in [-0.05, 0) is 29.0 Å². The maximum Gasteiger partial charge on any atom is 0.111 e. The number of nitriles is 1. The standard InChI is InChI=1S/C28H33N3/c1-23(2)18-28(27(19-29)30-20-24-12-6-3-7-13-24)31(21-25-14-8-4-9-15-25)22-26-16-10-5-11-17-26/h3-17,23,27-28,30H,18,20-22H2,1-2H3/t27-,28+/m1/s1. The van der Waals surface area contributed by atoms with Crippen molar-refractivity contribution in [1.29, 1.82) is 5.26 Å². The van der Waals surface area contributed by atoms with Crippen molar-refractivity contribution < 1.29 is 0 Å². The second-order valence-corrected chi connectivity index (χ2v) is 8.55. The topological polar surface area (TPSA) is 39.1 Å². The highest BCUT2D eigenvalue weighted by Crippen LogP contribution is 2.21. The molecular weight excluding hydrogens is 378 g/mol. The molecule has 0 aliphatic rings. The first-order valence-corrected chi connectivity index (χ1v) is 11.1. The van der Waals surface area contributed by atoms with Crippen molar-refractivity contribution in [2.24, 2.45) is 5.92 Å². The summed E-state index contributed by atoms with van der Waals surface area (Å²) < 4.78 is 0. The molecule has 0 bridgehead atoms. The van der Waals surface area contributed by atoms with Gasteiger partial charge in [-0.2, -0.15) is 5.26 Å². The summed E-state index contributed by atoms with van der Waals surface area (Å²) in [5, 5.41) is 13.7. The van der Waals surface area contributed by atoms with Crippen LogP contribution in [0.4, 0.5) is 0 Å². The smallest absolute Gasteiger partial charge is 0.111 e. The van der Waals surface area contributed by atoms with Crippen molar-refractivity contribution in [1.82, 2.24) is 10.2 Å². The molecule has 3 aromatic rings. The number of benzene rings is 3. The molecule has 3 nitrogen and oxygen atoms in total. The summed E-state index contributed by atoms with van der Waals surface area (Å²) in [7, 11) is 0. The third-order valence-electron chi connectivity index (χ3n) is 5.53. The van der Waals surface area contributed by atoms with E-state index in [0.29, 0.717) is 12.5 Å². The van der Waals surface area contributed by atoms with Gasteiger partial charge in [0, 0.05) is 25.7 Å². The lowest BCUT2D eigenvalue weighted by Crippen LogP contribution is -2.49. The Morgan fingerprint density at radius 1 is 0.742 bits per heavy atom. The van der Waals surface area contributed by atoms with Crippen LogP contribution in [0.15, 0.2) is 91.0 Å². The number of nitrogens with zero attached hydrogens (tertiary/aromatic N) is 2. The quantitative estimate of drug-likeness (QED) is 0.434. The van der Waals surface area contributed by atoms with E-state index in [4.69, 9.17) is 0 Å². The van der Waals surface area contributed by atoms with E-state index in [1.165, 1.54) is 16.7 Å². The highest BCUT2D eigenvalue weighted by molar-refractivity contribution is 5.19. The fourth-order valence-corrected chi connectivity index (χ4v) is 4.00. The highest BCUT2D eigenvalue weighted by atomic mass is 15.2. The zero-order valence-electron chi connectivity index (χ0n) is 18.6. The number of nitrogens with one attached hydrogen (secondary N) is 1. The molecule has 0 aliphatic heterocycles. The summed E-state index contributed by atoms with van der Waals surface area (Å²) in [4.78, 5) is 2.47. The second-order valence-electron chi connectivity index (χ2n) is 8.55. The molecular formula is C28H33N3. The first-order valence-electron chi connectivity index (χ1n) is 11.1. The molecule has 31 heavy (non-hydrogen) atoms. The van der Waals surface area contributed by atoms with Gasteiger partial charge in [-0.3, -0.25) is 10.2 Å². The largest absolute Gasteiger partial charge is 0.297 e. The molecule has 0 amide bonds. The van der Waals surface area contributed by atoms with Gasteiger partial charge in [0.2, 0.25) is 0 Å². The van der Waals surface area contributed by atoms with Crippen LogP contribution >= 0.6 is 0 Å².